The van der Waals surface area contributed by atoms with Crippen molar-refractivity contribution in [2.45, 2.75) is 0 Å². The van der Waals surface area contributed by atoms with Crippen LogP contribution in [-0.4, -0.2) is 15.2 Å². The lowest BCUT2D eigenvalue weighted by Crippen LogP contribution is -1.80. The quantitative estimate of drug-likeness (QED) is 0.560. The Morgan fingerprint density at radius 1 is 0.900 bits per heavy atom. The van der Waals surface area contributed by atoms with Crippen molar-refractivity contribution in [3.05, 3.63) is 59.8 Å². The standard InChI is InChI=1S/C16H10ClN3/c17-11-5-3-10(4-6-11)15-13-7-8-14-12(2-1-9-18-14)16(13)20-19-15/h1-9H,(H,19,20). The van der Waals surface area contributed by atoms with Crippen molar-refractivity contribution in [2.75, 3.05) is 0 Å². The second-order valence-corrected chi connectivity index (χ2v) is 5.07. The first-order valence-corrected chi connectivity index (χ1v) is 6.68. The molecular weight excluding hydrogens is 270 g/mol. The van der Waals surface area contributed by atoms with Crippen LogP contribution in [0, 0.1) is 0 Å². The Kier molecular flexibility index (Phi) is 2.47. The zero-order valence-corrected chi connectivity index (χ0v) is 11.2. The fraction of sp³-hybridized carbons (Fsp3) is 0. The molecule has 0 aliphatic carbocycles. The van der Waals surface area contributed by atoms with Crippen molar-refractivity contribution < 1.29 is 0 Å². The van der Waals surface area contributed by atoms with Crippen LogP contribution < -0.4 is 0 Å². The van der Waals surface area contributed by atoms with Gasteiger partial charge in [0.1, 0.15) is 0 Å². The summed E-state index contributed by atoms with van der Waals surface area (Å²) in [6.07, 6.45) is 1.80. The number of aromatic amines is 1. The second kappa shape index (κ2) is 4.32. The van der Waals surface area contributed by atoms with Crippen molar-refractivity contribution in [3.8, 4) is 11.3 Å². The fourth-order valence-electron chi connectivity index (χ4n) is 2.47. The Hall–Kier alpha value is -2.39. The third kappa shape index (κ3) is 1.67. The van der Waals surface area contributed by atoms with Crippen LogP contribution in [0.3, 0.4) is 0 Å². The molecule has 0 radical (unpaired) electrons. The van der Waals surface area contributed by atoms with Gasteiger partial charge in [0.2, 0.25) is 0 Å². The lowest BCUT2D eigenvalue weighted by atomic mass is 10.1. The van der Waals surface area contributed by atoms with E-state index < -0.39 is 0 Å². The monoisotopic (exact) mass is 279 g/mol. The van der Waals surface area contributed by atoms with Gasteiger partial charge in [0, 0.05) is 27.6 Å². The molecule has 96 valence electrons. The summed E-state index contributed by atoms with van der Waals surface area (Å²) in [5.41, 5.74) is 3.96. The van der Waals surface area contributed by atoms with E-state index in [4.69, 9.17) is 11.6 Å². The molecule has 0 aliphatic rings. The average molecular weight is 280 g/mol. The van der Waals surface area contributed by atoms with Crippen LogP contribution in [0.15, 0.2) is 54.7 Å². The van der Waals surface area contributed by atoms with E-state index in [0.717, 1.165) is 38.1 Å². The smallest absolute Gasteiger partial charge is 0.0999 e. The number of nitrogens with zero attached hydrogens (tertiary/aromatic N) is 2. The maximum atomic E-state index is 5.93. The summed E-state index contributed by atoms with van der Waals surface area (Å²) in [6, 6.07) is 15.8. The highest BCUT2D eigenvalue weighted by molar-refractivity contribution is 6.30. The number of aromatic nitrogens is 3. The average Bonchev–Trinajstić information content (AvgIpc) is 2.92. The van der Waals surface area contributed by atoms with Gasteiger partial charge in [0.05, 0.1) is 16.7 Å². The van der Waals surface area contributed by atoms with E-state index in [1.54, 1.807) is 6.20 Å². The summed E-state index contributed by atoms with van der Waals surface area (Å²) >= 11 is 5.93. The number of hydrogen-bond donors (Lipinski definition) is 1. The van der Waals surface area contributed by atoms with Gasteiger partial charge in [-0.2, -0.15) is 5.10 Å². The fourth-order valence-corrected chi connectivity index (χ4v) is 2.60. The maximum Gasteiger partial charge on any atom is 0.0999 e. The summed E-state index contributed by atoms with van der Waals surface area (Å²) in [5, 5.41) is 10.5. The zero-order valence-electron chi connectivity index (χ0n) is 10.5. The molecule has 0 unspecified atom stereocenters. The van der Waals surface area contributed by atoms with Crippen LogP contribution >= 0.6 is 11.6 Å². The molecule has 0 spiro atoms. The molecule has 0 aliphatic heterocycles. The third-order valence-corrected chi connectivity index (χ3v) is 3.69. The highest BCUT2D eigenvalue weighted by Crippen LogP contribution is 2.30. The Morgan fingerprint density at radius 3 is 2.60 bits per heavy atom. The van der Waals surface area contributed by atoms with Crippen molar-refractivity contribution >= 4 is 33.4 Å². The van der Waals surface area contributed by atoms with E-state index in [-0.39, 0.29) is 0 Å². The molecule has 4 rings (SSSR count). The van der Waals surface area contributed by atoms with Crippen LogP contribution in [0.5, 0.6) is 0 Å². The number of rotatable bonds is 1. The zero-order chi connectivity index (χ0) is 13.5. The molecule has 0 bridgehead atoms. The summed E-state index contributed by atoms with van der Waals surface area (Å²) in [5.74, 6) is 0. The lowest BCUT2D eigenvalue weighted by molar-refractivity contribution is 1.13. The van der Waals surface area contributed by atoms with Crippen molar-refractivity contribution in [1.29, 1.82) is 0 Å². The maximum absolute atomic E-state index is 5.93. The predicted octanol–water partition coefficient (Wildman–Crippen LogP) is 4.43. The Bertz CT molecular complexity index is 910. The minimum Gasteiger partial charge on any atom is -0.277 e. The summed E-state index contributed by atoms with van der Waals surface area (Å²) in [6.45, 7) is 0. The van der Waals surface area contributed by atoms with E-state index in [2.05, 4.69) is 27.3 Å². The van der Waals surface area contributed by atoms with Crippen molar-refractivity contribution in [1.82, 2.24) is 15.2 Å². The Balaban J connectivity index is 2.02. The number of fused-ring (bicyclic) bond motifs is 3. The number of H-pyrrole nitrogens is 1. The van der Waals surface area contributed by atoms with Gasteiger partial charge in [-0.25, -0.2) is 0 Å². The molecule has 4 aromatic rings. The van der Waals surface area contributed by atoms with E-state index in [1.807, 2.05) is 36.4 Å². The first kappa shape index (κ1) is 11.4. The van der Waals surface area contributed by atoms with Gasteiger partial charge in [-0.05, 0) is 36.4 Å². The van der Waals surface area contributed by atoms with Gasteiger partial charge in [-0.3, -0.25) is 10.1 Å². The van der Waals surface area contributed by atoms with Gasteiger partial charge in [-0.1, -0.05) is 23.7 Å². The topological polar surface area (TPSA) is 41.6 Å². The SMILES string of the molecule is Clc1ccc(-c2n[nH]c3c2ccc2ncccc23)cc1. The molecule has 1 N–H and O–H groups in total. The molecule has 0 saturated heterocycles. The molecule has 0 atom stereocenters. The summed E-state index contributed by atoms with van der Waals surface area (Å²) in [4.78, 5) is 4.36. The number of halogens is 1. The van der Waals surface area contributed by atoms with Gasteiger partial charge < -0.3 is 0 Å². The molecule has 3 nitrogen and oxygen atoms in total. The summed E-state index contributed by atoms with van der Waals surface area (Å²) < 4.78 is 0. The van der Waals surface area contributed by atoms with Gasteiger partial charge in [0.15, 0.2) is 0 Å². The Labute approximate surface area is 120 Å². The molecule has 0 fully saturated rings. The second-order valence-electron chi connectivity index (χ2n) is 4.64. The van der Waals surface area contributed by atoms with Crippen LogP contribution in [0.4, 0.5) is 0 Å². The first-order chi connectivity index (χ1) is 9.83. The Morgan fingerprint density at radius 2 is 1.75 bits per heavy atom. The van der Waals surface area contributed by atoms with Gasteiger partial charge in [-0.15, -0.1) is 0 Å². The van der Waals surface area contributed by atoms with Crippen LogP contribution in [0.25, 0.3) is 33.1 Å². The molecule has 20 heavy (non-hydrogen) atoms. The van der Waals surface area contributed by atoms with Crippen molar-refractivity contribution in [2.24, 2.45) is 0 Å². The van der Waals surface area contributed by atoms with Crippen molar-refractivity contribution in [3.63, 3.8) is 0 Å². The van der Waals surface area contributed by atoms with Crippen LogP contribution in [-0.2, 0) is 0 Å². The number of hydrogen-bond acceptors (Lipinski definition) is 2. The minimum atomic E-state index is 0.725. The minimum absolute atomic E-state index is 0.725. The normalized spacial score (nSPS) is 11.2. The van der Waals surface area contributed by atoms with E-state index in [0.29, 0.717) is 0 Å². The third-order valence-electron chi connectivity index (χ3n) is 3.44. The molecule has 2 aromatic heterocycles. The van der Waals surface area contributed by atoms with Gasteiger partial charge >= 0.3 is 0 Å². The number of benzene rings is 2. The van der Waals surface area contributed by atoms with E-state index in [1.165, 1.54) is 0 Å². The van der Waals surface area contributed by atoms with Gasteiger partial charge in [0.25, 0.3) is 0 Å². The molecule has 0 amide bonds. The molecule has 0 saturated carbocycles. The highest BCUT2D eigenvalue weighted by atomic mass is 35.5. The molecule has 2 aromatic carbocycles. The predicted molar refractivity (Wildman–Crippen MR) is 81.8 cm³/mol. The lowest BCUT2D eigenvalue weighted by Gasteiger charge is -2.00. The number of nitrogens with one attached hydrogen (secondary N) is 1. The summed E-state index contributed by atoms with van der Waals surface area (Å²) in [7, 11) is 0. The molecule has 4 heteroatoms. The van der Waals surface area contributed by atoms with Crippen LogP contribution in [0.2, 0.25) is 5.02 Å². The first-order valence-electron chi connectivity index (χ1n) is 6.31. The van der Waals surface area contributed by atoms with Crippen LogP contribution in [0.1, 0.15) is 0 Å². The largest absolute Gasteiger partial charge is 0.277 e. The molecule has 2 heterocycles. The highest BCUT2D eigenvalue weighted by Gasteiger charge is 2.10. The van der Waals surface area contributed by atoms with E-state index in [9.17, 15) is 0 Å². The van der Waals surface area contributed by atoms with E-state index >= 15 is 0 Å². The number of pyridine rings is 1. The molecular formula is C16H10ClN3.